The lowest BCUT2D eigenvalue weighted by Crippen LogP contribution is -2.46. The third-order valence-electron chi connectivity index (χ3n) is 10.7. The quantitative estimate of drug-likeness (QED) is 0.101. The summed E-state index contributed by atoms with van der Waals surface area (Å²) in [5.74, 6) is -0.689. The first-order valence-electron chi connectivity index (χ1n) is 19.8. The number of hydrogen-bond donors (Lipinski definition) is 2. The van der Waals surface area contributed by atoms with Crippen molar-refractivity contribution in [3.05, 3.63) is 137 Å². The molecule has 5 aromatic rings. The number of sulfonamides is 1. The minimum atomic E-state index is -6.06. The highest BCUT2D eigenvalue weighted by molar-refractivity contribution is 7.99. The first-order valence-corrected chi connectivity index (χ1v) is 24.2. The highest BCUT2D eigenvalue weighted by Gasteiger charge is 2.48. The summed E-state index contributed by atoms with van der Waals surface area (Å²) >= 11 is 7.54. The van der Waals surface area contributed by atoms with Crippen LogP contribution < -0.4 is 14.9 Å². The van der Waals surface area contributed by atoms with Crippen molar-refractivity contribution >= 4 is 60.5 Å². The fourth-order valence-electron chi connectivity index (χ4n) is 7.34. The number of anilines is 2. The van der Waals surface area contributed by atoms with Crippen LogP contribution in [0.25, 0.3) is 11.1 Å². The molecule has 2 N–H and O–H groups in total. The molecule has 2 aliphatic heterocycles. The molecule has 0 aromatic heterocycles. The van der Waals surface area contributed by atoms with Crippen molar-refractivity contribution in [1.29, 1.82) is 0 Å². The molecule has 1 amide bonds. The van der Waals surface area contributed by atoms with E-state index in [4.69, 9.17) is 16.3 Å². The van der Waals surface area contributed by atoms with Crippen molar-refractivity contribution in [2.75, 3.05) is 75.0 Å². The monoisotopic (exact) mass is 927 g/mol. The van der Waals surface area contributed by atoms with E-state index in [0.717, 1.165) is 53.5 Å². The van der Waals surface area contributed by atoms with Gasteiger partial charge in [0.05, 0.1) is 23.8 Å². The predicted octanol–water partition coefficient (Wildman–Crippen LogP) is 7.65. The van der Waals surface area contributed by atoms with Gasteiger partial charge in [-0.3, -0.25) is 14.6 Å². The summed E-state index contributed by atoms with van der Waals surface area (Å²) < 4.78 is 103. The van der Waals surface area contributed by atoms with Crippen molar-refractivity contribution < 1.29 is 39.5 Å². The van der Waals surface area contributed by atoms with Crippen LogP contribution in [0.4, 0.5) is 24.5 Å². The molecule has 0 bridgehead atoms. The summed E-state index contributed by atoms with van der Waals surface area (Å²) in [6, 6.07) is 33.5. The summed E-state index contributed by atoms with van der Waals surface area (Å²) in [5.41, 5.74) is -1.93. The lowest BCUT2D eigenvalue weighted by atomic mass is 9.99. The fraction of sp³-hybridized carbons (Fsp3) is 0.295. The number of nitrogens with zero attached hydrogens (tertiary/aromatic N) is 3. The Morgan fingerprint density at radius 1 is 0.774 bits per heavy atom. The van der Waals surface area contributed by atoms with Gasteiger partial charge in [-0.1, -0.05) is 66.2 Å². The number of carbonyl (C=O) groups excluding carboxylic acids is 1. The number of thioether (sulfide) groups is 1. The van der Waals surface area contributed by atoms with Crippen molar-refractivity contribution in [2.24, 2.45) is 0 Å². The number of morpholine rings is 1. The Hall–Kier alpha value is -4.62. The van der Waals surface area contributed by atoms with Crippen molar-refractivity contribution in [2.45, 2.75) is 32.8 Å². The Kier molecular flexibility index (Phi) is 14.5. The number of sulfone groups is 1. The second kappa shape index (κ2) is 19.8. The zero-order chi connectivity index (χ0) is 43.9. The van der Waals surface area contributed by atoms with Gasteiger partial charge in [-0.25, -0.2) is 21.6 Å². The average molecular weight is 929 g/mol. The second-order valence-electron chi connectivity index (χ2n) is 14.9. The number of carbonyl (C=O) groups is 1. The SMILES string of the molecule is O=C(NS(=O)(=O)c1ccc(N[C@@H](CSc2ccccc2)CN2CCOCC2)c(S(=O)(=O)C(F)(F)F)c1)c1ccc(N2CCN(Cc3ccccc3-c3ccc(Cl)cc3)CC2)cc1. The summed E-state index contributed by atoms with van der Waals surface area (Å²) in [5, 5.41) is 3.64. The molecule has 0 radical (unpaired) electrons. The lowest BCUT2D eigenvalue weighted by Gasteiger charge is -2.36. The smallest absolute Gasteiger partial charge is 0.379 e. The van der Waals surface area contributed by atoms with Gasteiger partial charge in [0, 0.05) is 85.3 Å². The van der Waals surface area contributed by atoms with Crippen LogP contribution in [0, 0.1) is 0 Å². The number of piperazine rings is 1. The standard InChI is InChI=1S/C44H45ClF3N5O6S3/c45-35-14-10-32(11-15-35)40-9-5-4-6-34(40)29-51-20-22-53(23-21-51)37-16-12-33(13-17-37)43(54)50-62(57,58)39-18-19-41(42(28-39)61(55,56)44(46,47)48)49-36(30-52-24-26-59-27-25-52)31-60-38-7-2-1-3-8-38/h1-19,28,36,49H,20-27,29-31H2,(H,50,54)/t36-/m1/s1. The molecule has 2 heterocycles. The molecule has 2 aliphatic rings. The van der Waals surface area contributed by atoms with E-state index in [2.05, 4.69) is 32.1 Å². The Labute approximate surface area is 369 Å². The van der Waals surface area contributed by atoms with E-state index in [9.17, 15) is 34.8 Å². The molecule has 62 heavy (non-hydrogen) atoms. The van der Waals surface area contributed by atoms with Gasteiger partial charge in [-0.05, 0) is 83.4 Å². The summed E-state index contributed by atoms with van der Waals surface area (Å²) in [7, 11) is -10.9. The predicted molar refractivity (Wildman–Crippen MR) is 237 cm³/mol. The number of alkyl halides is 3. The lowest BCUT2D eigenvalue weighted by molar-refractivity contribution is -0.0435. The molecule has 11 nitrogen and oxygen atoms in total. The van der Waals surface area contributed by atoms with Gasteiger partial charge in [0.25, 0.3) is 25.8 Å². The van der Waals surface area contributed by atoms with Crippen LogP contribution in [0.3, 0.4) is 0 Å². The number of halogens is 4. The van der Waals surface area contributed by atoms with Gasteiger partial charge in [-0.15, -0.1) is 11.8 Å². The minimum absolute atomic E-state index is 0.0157. The van der Waals surface area contributed by atoms with E-state index in [1.54, 1.807) is 12.1 Å². The molecule has 5 aromatic carbocycles. The molecule has 0 spiro atoms. The number of hydrogen-bond acceptors (Lipinski definition) is 11. The van der Waals surface area contributed by atoms with E-state index in [1.165, 1.54) is 29.5 Å². The Balaban J connectivity index is 1.02. The average Bonchev–Trinajstić information content (AvgIpc) is 3.26. The molecule has 1 atom stereocenters. The van der Waals surface area contributed by atoms with Crippen LogP contribution in [-0.2, 0) is 31.1 Å². The van der Waals surface area contributed by atoms with Gasteiger partial charge in [0.15, 0.2) is 0 Å². The van der Waals surface area contributed by atoms with Gasteiger partial charge >= 0.3 is 5.51 Å². The van der Waals surface area contributed by atoms with E-state index >= 15 is 0 Å². The Morgan fingerprint density at radius 2 is 1.44 bits per heavy atom. The number of nitrogens with one attached hydrogen (secondary N) is 2. The first kappa shape index (κ1) is 45.4. The summed E-state index contributed by atoms with van der Waals surface area (Å²) in [6.07, 6.45) is 0. The number of rotatable bonds is 15. The number of benzene rings is 5. The van der Waals surface area contributed by atoms with E-state index in [1.807, 2.05) is 71.5 Å². The van der Waals surface area contributed by atoms with Gasteiger partial charge in [0.2, 0.25) is 0 Å². The third-order valence-corrected chi connectivity index (χ3v) is 14.9. The minimum Gasteiger partial charge on any atom is -0.379 e. The van der Waals surface area contributed by atoms with Crippen LogP contribution in [0.15, 0.2) is 136 Å². The van der Waals surface area contributed by atoms with Crippen molar-refractivity contribution in [1.82, 2.24) is 14.5 Å². The van der Waals surface area contributed by atoms with E-state index in [0.29, 0.717) is 62.8 Å². The van der Waals surface area contributed by atoms with Gasteiger partial charge in [-0.2, -0.15) is 13.2 Å². The summed E-state index contributed by atoms with van der Waals surface area (Å²) in [4.78, 5) is 18.6. The second-order valence-corrected chi connectivity index (χ2v) is 20.0. The normalized spacial score (nSPS) is 16.2. The Morgan fingerprint density at radius 3 is 2.11 bits per heavy atom. The maximum atomic E-state index is 14.1. The molecule has 7 rings (SSSR count). The van der Waals surface area contributed by atoms with Crippen LogP contribution >= 0.6 is 23.4 Å². The molecular formula is C44H45ClF3N5O6S3. The van der Waals surface area contributed by atoms with E-state index in [-0.39, 0.29) is 5.56 Å². The molecule has 0 aliphatic carbocycles. The van der Waals surface area contributed by atoms with Crippen molar-refractivity contribution in [3.63, 3.8) is 0 Å². The van der Waals surface area contributed by atoms with Gasteiger partial charge < -0.3 is 15.0 Å². The molecule has 2 saturated heterocycles. The largest absolute Gasteiger partial charge is 0.501 e. The van der Waals surface area contributed by atoms with Crippen LogP contribution in [0.1, 0.15) is 15.9 Å². The Bertz CT molecular complexity index is 2540. The van der Waals surface area contributed by atoms with Crippen LogP contribution in [-0.4, -0.2) is 109 Å². The molecule has 2 fully saturated rings. The van der Waals surface area contributed by atoms with Crippen molar-refractivity contribution in [3.8, 4) is 11.1 Å². The third kappa shape index (κ3) is 11.3. The van der Waals surface area contributed by atoms with Crippen LogP contribution in [0.2, 0.25) is 5.02 Å². The molecule has 328 valence electrons. The highest BCUT2D eigenvalue weighted by atomic mass is 35.5. The zero-order valence-electron chi connectivity index (χ0n) is 33.4. The van der Waals surface area contributed by atoms with E-state index < -0.39 is 52.8 Å². The fourth-order valence-corrected chi connectivity index (χ4v) is 10.4. The molecule has 0 saturated carbocycles. The zero-order valence-corrected chi connectivity index (χ0v) is 36.6. The molecule has 0 unspecified atom stereocenters. The molecular weight excluding hydrogens is 883 g/mol. The summed E-state index contributed by atoms with van der Waals surface area (Å²) in [6.45, 7) is 6.14. The van der Waals surface area contributed by atoms with Gasteiger partial charge in [0.1, 0.15) is 4.90 Å². The number of ether oxygens (including phenoxy) is 1. The topological polar surface area (TPSA) is 128 Å². The maximum absolute atomic E-state index is 14.1. The molecule has 18 heteroatoms. The number of amides is 1. The maximum Gasteiger partial charge on any atom is 0.501 e. The highest BCUT2D eigenvalue weighted by Crippen LogP contribution is 2.37. The first-order chi connectivity index (χ1) is 29.7. The van der Waals surface area contributed by atoms with Crippen LogP contribution in [0.5, 0.6) is 0 Å².